The van der Waals surface area contributed by atoms with Gasteiger partial charge < -0.3 is 10.0 Å². The fourth-order valence-corrected chi connectivity index (χ4v) is 3.73. The van der Waals surface area contributed by atoms with E-state index in [4.69, 9.17) is 5.11 Å². The second-order valence-electron chi connectivity index (χ2n) is 4.49. The molecule has 0 bridgehead atoms. The number of carboxylic acids is 1. The molecule has 1 aromatic carbocycles. The van der Waals surface area contributed by atoms with Crippen molar-refractivity contribution in [1.29, 1.82) is 0 Å². The van der Waals surface area contributed by atoms with Gasteiger partial charge in [0.25, 0.3) is 0 Å². The van der Waals surface area contributed by atoms with Gasteiger partial charge in [-0.05, 0) is 19.1 Å². The van der Waals surface area contributed by atoms with Crippen LogP contribution in [0.3, 0.4) is 0 Å². The lowest BCUT2D eigenvalue weighted by Gasteiger charge is -2.18. The molecule has 0 fully saturated rings. The summed E-state index contributed by atoms with van der Waals surface area (Å²) in [6.45, 7) is 1.12. The topological polar surface area (TPSA) is 91.8 Å². The predicted molar refractivity (Wildman–Crippen MR) is 76.4 cm³/mol. The third kappa shape index (κ3) is 3.41. The van der Waals surface area contributed by atoms with Crippen molar-refractivity contribution in [2.75, 3.05) is 14.1 Å². The molecule has 9 heteroatoms. The number of benzene rings is 1. The van der Waals surface area contributed by atoms with E-state index >= 15 is 0 Å². The number of hydrogen-bond donors (Lipinski definition) is 1. The zero-order chi connectivity index (χ0) is 16.5. The van der Waals surface area contributed by atoms with Gasteiger partial charge in [-0.1, -0.05) is 15.9 Å². The van der Waals surface area contributed by atoms with Crippen LogP contribution in [0.1, 0.15) is 17.3 Å². The van der Waals surface area contributed by atoms with Gasteiger partial charge in [-0.3, -0.25) is 4.79 Å². The number of rotatable bonds is 4. The third-order valence-corrected chi connectivity index (χ3v) is 5.30. The van der Waals surface area contributed by atoms with Crippen molar-refractivity contribution >= 4 is 37.6 Å². The summed E-state index contributed by atoms with van der Waals surface area (Å²) >= 11 is 2.93. The molecule has 1 unspecified atom stereocenters. The number of halogens is 2. The molecule has 0 saturated carbocycles. The number of aromatic carboxylic acids is 1. The predicted octanol–water partition coefficient (Wildman–Crippen LogP) is 1.54. The average molecular weight is 382 g/mol. The molecule has 21 heavy (non-hydrogen) atoms. The molecule has 1 amide bonds. The van der Waals surface area contributed by atoms with Crippen LogP contribution in [0.15, 0.2) is 21.5 Å². The minimum atomic E-state index is -4.35. The highest BCUT2D eigenvalue weighted by Crippen LogP contribution is 2.27. The normalized spacial score (nSPS) is 12.8. The Hall–Kier alpha value is -1.48. The minimum absolute atomic E-state index is 0.0874. The van der Waals surface area contributed by atoms with Crippen molar-refractivity contribution < 1.29 is 27.5 Å². The van der Waals surface area contributed by atoms with Gasteiger partial charge in [0.2, 0.25) is 5.91 Å². The van der Waals surface area contributed by atoms with Crippen LogP contribution in [-0.2, 0) is 14.6 Å². The first-order valence-electron chi connectivity index (χ1n) is 5.67. The largest absolute Gasteiger partial charge is 0.478 e. The summed E-state index contributed by atoms with van der Waals surface area (Å²) in [6.07, 6.45) is 0. The minimum Gasteiger partial charge on any atom is -0.478 e. The summed E-state index contributed by atoms with van der Waals surface area (Å²) in [4.78, 5) is 23.0. The molecule has 0 saturated heterocycles. The van der Waals surface area contributed by atoms with E-state index in [0.717, 1.165) is 24.0 Å². The molecule has 0 radical (unpaired) electrons. The van der Waals surface area contributed by atoms with Crippen molar-refractivity contribution in [3.05, 3.63) is 28.0 Å². The Morgan fingerprint density at radius 2 is 1.86 bits per heavy atom. The lowest BCUT2D eigenvalue weighted by atomic mass is 10.2. The van der Waals surface area contributed by atoms with Crippen LogP contribution < -0.4 is 0 Å². The Balaban J connectivity index is 3.53. The Kier molecular flexibility index (Phi) is 5.11. The fraction of sp³-hybridized carbons (Fsp3) is 0.333. The lowest BCUT2D eigenvalue weighted by Crippen LogP contribution is -2.37. The van der Waals surface area contributed by atoms with Gasteiger partial charge in [0.1, 0.15) is 10.1 Å². The van der Waals surface area contributed by atoms with Gasteiger partial charge in [-0.15, -0.1) is 0 Å². The molecule has 116 valence electrons. The Bertz CT molecular complexity index is 702. The molecule has 1 N–H and O–H groups in total. The molecule has 0 aromatic heterocycles. The van der Waals surface area contributed by atoms with Crippen LogP contribution in [0.2, 0.25) is 0 Å². The molecule has 0 aliphatic rings. The van der Waals surface area contributed by atoms with Crippen molar-refractivity contribution in [2.24, 2.45) is 0 Å². The highest BCUT2D eigenvalue weighted by Gasteiger charge is 2.34. The van der Waals surface area contributed by atoms with Crippen LogP contribution >= 0.6 is 15.9 Å². The van der Waals surface area contributed by atoms with Gasteiger partial charge in [0.15, 0.2) is 15.7 Å². The first kappa shape index (κ1) is 17.6. The molecular formula is C12H13BrFNO5S. The number of nitrogens with zero attached hydrogens (tertiary/aromatic N) is 1. The van der Waals surface area contributed by atoms with Crippen molar-refractivity contribution in [3.8, 4) is 0 Å². The second kappa shape index (κ2) is 6.10. The summed E-state index contributed by atoms with van der Waals surface area (Å²) in [5.41, 5.74) is -0.785. The standard InChI is InChI=1S/C12H13BrFNO5S/c1-6(11(16)15(2)3)21(19,20)9-5-7(13)4-8(10(9)14)12(17)18/h4-6H,1-3H3,(H,17,18). The maximum Gasteiger partial charge on any atom is 0.338 e. The van der Waals surface area contributed by atoms with Crippen molar-refractivity contribution in [3.63, 3.8) is 0 Å². The molecule has 0 aliphatic heterocycles. The number of carbonyl (C=O) groups excluding carboxylic acids is 1. The van der Waals surface area contributed by atoms with Crippen molar-refractivity contribution in [1.82, 2.24) is 4.90 Å². The summed E-state index contributed by atoms with van der Waals surface area (Å²) in [5.74, 6) is -3.72. The Morgan fingerprint density at radius 3 is 2.29 bits per heavy atom. The van der Waals surface area contributed by atoms with Gasteiger partial charge in [0, 0.05) is 18.6 Å². The van der Waals surface area contributed by atoms with E-state index in [1.165, 1.54) is 14.1 Å². The van der Waals surface area contributed by atoms with Crippen LogP contribution in [-0.4, -0.2) is 49.6 Å². The number of carbonyl (C=O) groups is 2. The van der Waals surface area contributed by atoms with Gasteiger partial charge in [-0.25, -0.2) is 17.6 Å². The highest BCUT2D eigenvalue weighted by atomic mass is 79.9. The van der Waals surface area contributed by atoms with E-state index in [9.17, 15) is 22.4 Å². The van der Waals surface area contributed by atoms with E-state index in [1.54, 1.807) is 0 Å². The number of carboxylic acid groups (broad SMARTS) is 1. The molecular weight excluding hydrogens is 369 g/mol. The highest BCUT2D eigenvalue weighted by molar-refractivity contribution is 9.10. The van der Waals surface area contributed by atoms with Gasteiger partial charge in [-0.2, -0.15) is 0 Å². The number of amides is 1. The molecule has 1 rings (SSSR count). The number of sulfone groups is 1. The molecule has 0 heterocycles. The fourth-order valence-electron chi connectivity index (χ4n) is 1.61. The van der Waals surface area contributed by atoms with E-state index in [-0.39, 0.29) is 4.47 Å². The average Bonchev–Trinajstić information content (AvgIpc) is 2.38. The Morgan fingerprint density at radius 1 is 1.33 bits per heavy atom. The third-order valence-electron chi connectivity index (χ3n) is 2.79. The van der Waals surface area contributed by atoms with Gasteiger partial charge in [0.05, 0.1) is 5.56 Å². The SMILES string of the molecule is CC(C(=O)N(C)C)S(=O)(=O)c1cc(Br)cc(C(=O)O)c1F. The molecule has 0 aliphatic carbocycles. The quantitative estimate of drug-likeness (QED) is 0.853. The van der Waals surface area contributed by atoms with Crippen LogP contribution in [0.5, 0.6) is 0 Å². The van der Waals surface area contributed by atoms with Crippen LogP contribution in [0.25, 0.3) is 0 Å². The van der Waals surface area contributed by atoms with Crippen LogP contribution in [0.4, 0.5) is 4.39 Å². The maximum absolute atomic E-state index is 14.1. The Labute approximate surface area is 129 Å². The molecule has 6 nitrogen and oxygen atoms in total. The van der Waals surface area contributed by atoms with Crippen molar-refractivity contribution in [2.45, 2.75) is 17.1 Å². The molecule has 1 aromatic rings. The zero-order valence-electron chi connectivity index (χ0n) is 11.4. The lowest BCUT2D eigenvalue weighted by molar-refractivity contribution is -0.127. The van der Waals surface area contributed by atoms with E-state index in [1.807, 2.05) is 0 Å². The molecule has 1 atom stereocenters. The van der Waals surface area contributed by atoms with Gasteiger partial charge >= 0.3 is 5.97 Å². The van der Waals surface area contributed by atoms with Crippen LogP contribution in [0, 0.1) is 5.82 Å². The van der Waals surface area contributed by atoms with E-state index in [0.29, 0.717) is 0 Å². The molecule has 0 spiro atoms. The summed E-state index contributed by atoms with van der Waals surface area (Å²) in [7, 11) is -1.61. The summed E-state index contributed by atoms with van der Waals surface area (Å²) in [5, 5.41) is 7.36. The summed E-state index contributed by atoms with van der Waals surface area (Å²) in [6, 6.07) is 1.89. The van der Waals surface area contributed by atoms with E-state index in [2.05, 4.69) is 15.9 Å². The van der Waals surface area contributed by atoms with E-state index < -0.39 is 43.2 Å². The summed E-state index contributed by atoms with van der Waals surface area (Å²) < 4.78 is 38.9. The first-order valence-corrected chi connectivity index (χ1v) is 8.01. The zero-order valence-corrected chi connectivity index (χ0v) is 13.8. The second-order valence-corrected chi connectivity index (χ2v) is 7.64. The maximum atomic E-state index is 14.1. The monoisotopic (exact) mass is 381 g/mol. The number of hydrogen-bond acceptors (Lipinski definition) is 4. The first-order chi connectivity index (χ1) is 9.50. The smallest absolute Gasteiger partial charge is 0.338 e.